The first-order valence-electron chi connectivity index (χ1n) is 18.9. The predicted octanol–water partition coefficient (Wildman–Crippen LogP) is 6.20. The number of rotatable bonds is 17. The predicted molar refractivity (Wildman–Crippen MR) is 234 cm³/mol. The van der Waals surface area contributed by atoms with Gasteiger partial charge in [-0.05, 0) is 118 Å². The van der Waals surface area contributed by atoms with Crippen LogP contribution in [0.25, 0.3) is 0 Å². The molecule has 0 aromatic heterocycles. The second-order valence-electron chi connectivity index (χ2n) is 14.4. The number of hydrogen-bond acceptors (Lipinski definition) is 4. The van der Waals surface area contributed by atoms with Crippen molar-refractivity contribution < 1.29 is 44.2 Å². The van der Waals surface area contributed by atoms with Crippen LogP contribution in [0.3, 0.4) is 0 Å². The van der Waals surface area contributed by atoms with E-state index in [1.165, 1.54) is 50.3 Å². The maximum absolute atomic E-state index is 10.7. The largest absolute Gasteiger partial charge is 1.00 e. The monoisotopic (exact) mass is 808 g/mol. The Morgan fingerprint density at radius 3 is 0.982 bits per heavy atom. The van der Waals surface area contributed by atoms with Gasteiger partial charge in [0.15, 0.2) is 0 Å². The van der Waals surface area contributed by atoms with Gasteiger partial charge in [0.1, 0.15) is 0 Å². The molecule has 1 saturated carbocycles. The van der Waals surface area contributed by atoms with E-state index in [9.17, 15) is 5.26 Å². The standard InChI is InChI=1S/C47H49O3P3S.Na/c48-49-50-54-46-33-31-39(32-34-46)35-47(36-51(40-19-7-1-8-20-40)41-21-9-2-10-22-41,37-52(42-23-11-3-12-24-42)43-25-13-4-14-26-43)38-53(44-27-15-5-16-28-44)45-29-17-6-18-30-45;/h1-30,39,46,48H,31-38H2;/q;+1/p-1. The van der Waals surface area contributed by atoms with Crippen molar-refractivity contribution in [2.45, 2.75) is 37.4 Å². The van der Waals surface area contributed by atoms with Crippen molar-refractivity contribution in [3.63, 3.8) is 0 Å². The van der Waals surface area contributed by atoms with E-state index >= 15 is 0 Å². The third-order valence-electron chi connectivity index (χ3n) is 10.6. The van der Waals surface area contributed by atoms with E-state index in [-0.39, 0.29) is 40.2 Å². The van der Waals surface area contributed by atoms with E-state index in [0.717, 1.165) is 44.2 Å². The zero-order chi connectivity index (χ0) is 36.8. The Balaban J connectivity index is 0.00000514. The molecule has 1 aliphatic rings. The summed E-state index contributed by atoms with van der Waals surface area (Å²) in [6.07, 6.45) is 8.83. The first-order valence-corrected chi connectivity index (χ1v) is 24.3. The van der Waals surface area contributed by atoms with Gasteiger partial charge < -0.3 is 5.26 Å². The van der Waals surface area contributed by atoms with Crippen LogP contribution in [0.1, 0.15) is 32.1 Å². The second kappa shape index (κ2) is 22.1. The van der Waals surface area contributed by atoms with Crippen LogP contribution in [-0.2, 0) is 9.37 Å². The Hall–Kier alpha value is -2.16. The molecule has 1 aliphatic carbocycles. The van der Waals surface area contributed by atoms with Crippen LogP contribution in [0.2, 0.25) is 0 Å². The third-order valence-corrected chi connectivity index (χ3v) is 20.0. The maximum atomic E-state index is 10.7. The molecule has 0 N–H and O–H groups in total. The van der Waals surface area contributed by atoms with Crippen LogP contribution in [0.15, 0.2) is 182 Å². The molecule has 6 aromatic carbocycles. The zero-order valence-corrected chi connectivity index (χ0v) is 37.1. The molecular formula is C47H48NaO3P3S. The minimum atomic E-state index is -0.674. The number of hydrogen-bond donors (Lipinski definition) is 0. The van der Waals surface area contributed by atoms with Gasteiger partial charge in [0.25, 0.3) is 0 Å². The summed E-state index contributed by atoms with van der Waals surface area (Å²) >= 11 is 1.21. The average Bonchev–Trinajstić information content (AvgIpc) is 3.25. The van der Waals surface area contributed by atoms with E-state index in [0.29, 0.717) is 5.92 Å². The van der Waals surface area contributed by atoms with Gasteiger partial charge in [-0.15, -0.1) is 0 Å². The van der Waals surface area contributed by atoms with Gasteiger partial charge >= 0.3 is 29.6 Å². The smallest absolute Gasteiger partial charge is 0.691 e. The summed E-state index contributed by atoms with van der Waals surface area (Å²) in [6.45, 7) is 0. The van der Waals surface area contributed by atoms with Crippen molar-refractivity contribution >= 4 is 67.6 Å². The molecule has 0 radical (unpaired) electrons. The Kier molecular flexibility index (Phi) is 17.1. The maximum Gasteiger partial charge on any atom is 1.00 e. The van der Waals surface area contributed by atoms with E-state index in [2.05, 4.69) is 187 Å². The van der Waals surface area contributed by atoms with Gasteiger partial charge in [-0.3, -0.25) is 5.04 Å². The molecule has 1 fully saturated rings. The molecule has 3 nitrogen and oxygen atoms in total. The van der Waals surface area contributed by atoms with Crippen molar-refractivity contribution in [2.75, 3.05) is 18.5 Å². The summed E-state index contributed by atoms with van der Waals surface area (Å²) in [5.74, 6) is 0.574. The second-order valence-corrected chi connectivity index (χ2v) is 22.0. The first kappa shape index (κ1) is 42.4. The average molecular weight is 809 g/mol. The molecule has 0 atom stereocenters. The topological polar surface area (TPSA) is 41.5 Å². The van der Waals surface area contributed by atoms with Crippen LogP contribution in [0.5, 0.6) is 0 Å². The Labute approximate surface area is 358 Å². The van der Waals surface area contributed by atoms with Crippen molar-refractivity contribution in [3.8, 4) is 0 Å². The third kappa shape index (κ3) is 11.9. The van der Waals surface area contributed by atoms with Crippen molar-refractivity contribution in [2.24, 2.45) is 11.3 Å². The van der Waals surface area contributed by atoms with Crippen LogP contribution in [0, 0.1) is 11.3 Å². The SMILES string of the molecule is [Na+].[O-]OOSC1CCC(CC(CP(c2ccccc2)c2ccccc2)(CP(c2ccccc2)c2ccccc2)CP(c2ccccc2)c2ccccc2)CC1. The van der Waals surface area contributed by atoms with Crippen molar-refractivity contribution in [1.29, 1.82) is 0 Å². The van der Waals surface area contributed by atoms with E-state index < -0.39 is 23.8 Å². The van der Waals surface area contributed by atoms with Gasteiger partial charge in [-0.25, -0.2) is 0 Å². The molecular weight excluding hydrogens is 760 g/mol. The molecule has 0 bridgehead atoms. The minimum absolute atomic E-state index is 0. The van der Waals surface area contributed by atoms with Crippen LogP contribution < -0.4 is 66.6 Å². The summed E-state index contributed by atoms with van der Waals surface area (Å²) in [7, 11) is -2.02. The first-order chi connectivity index (χ1) is 26.7. The number of benzene rings is 6. The van der Waals surface area contributed by atoms with Crippen LogP contribution in [0.4, 0.5) is 0 Å². The molecule has 0 amide bonds. The summed E-state index contributed by atoms with van der Waals surface area (Å²) in [6, 6.07) is 68.1. The Bertz CT molecular complexity index is 1620. The molecule has 6 aromatic rings. The fourth-order valence-electron chi connectivity index (χ4n) is 8.11. The van der Waals surface area contributed by atoms with Gasteiger partial charge in [0, 0.05) is 17.3 Å². The molecule has 0 aliphatic heterocycles. The summed E-state index contributed by atoms with van der Waals surface area (Å²) < 4.78 is 4.83. The molecule has 0 unspecified atom stereocenters. The summed E-state index contributed by atoms with van der Waals surface area (Å²) in [4.78, 5) is 0. The molecule has 55 heavy (non-hydrogen) atoms. The van der Waals surface area contributed by atoms with Crippen molar-refractivity contribution in [3.05, 3.63) is 182 Å². The molecule has 8 heteroatoms. The molecule has 7 rings (SSSR count). The minimum Gasteiger partial charge on any atom is -0.691 e. The molecule has 276 valence electrons. The van der Waals surface area contributed by atoms with Gasteiger partial charge in [0.05, 0.1) is 0 Å². The molecule has 0 spiro atoms. The molecule has 0 saturated heterocycles. The van der Waals surface area contributed by atoms with Gasteiger partial charge in [0.2, 0.25) is 0 Å². The van der Waals surface area contributed by atoms with Crippen LogP contribution >= 0.6 is 35.8 Å². The summed E-state index contributed by atoms with van der Waals surface area (Å²) in [5.41, 5.74) is 0.00539. The Morgan fingerprint density at radius 2 is 0.727 bits per heavy atom. The van der Waals surface area contributed by atoms with Gasteiger partial charge in [-0.1, -0.05) is 182 Å². The van der Waals surface area contributed by atoms with E-state index in [4.69, 9.17) is 4.33 Å². The van der Waals surface area contributed by atoms with Gasteiger partial charge in [-0.2, -0.15) is 4.33 Å². The molecule has 0 heterocycles. The van der Waals surface area contributed by atoms with Crippen molar-refractivity contribution in [1.82, 2.24) is 0 Å². The van der Waals surface area contributed by atoms with Crippen LogP contribution in [-0.4, -0.2) is 23.7 Å². The Morgan fingerprint density at radius 1 is 0.455 bits per heavy atom. The fraction of sp³-hybridized carbons (Fsp3) is 0.234. The zero-order valence-electron chi connectivity index (χ0n) is 31.6. The normalized spacial score (nSPS) is 15.9. The van der Waals surface area contributed by atoms with E-state index in [1.54, 1.807) is 0 Å². The fourth-order valence-corrected chi connectivity index (χ4v) is 17.5. The summed E-state index contributed by atoms with van der Waals surface area (Å²) in [5, 5.41) is 23.4. The quantitative estimate of drug-likeness (QED) is 0.0363. The van der Waals surface area contributed by atoms with E-state index in [1.807, 2.05) is 0 Å².